The Morgan fingerprint density at radius 3 is 3.00 bits per heavy atom. The number of benzene rings is 1. The fraction of sp³-hybridized carbons (Fsp3) is 0.600. The van der Waals surface area contributed by atoms with Gasteiger partial charge < -0.3 is 15.6 Å². The lowest BCUT2D eigenvalue weighted by atomic mass is 10.1. The van der Waals surface area contributed by atoms with Gasteiger partial charge in [-0.05, 0) is 49.9 Å². The molecular weight excluding hydrogens is 240 g/mol. The minimum absolute atomic E-state index is 0.291. The largest absolute Gasteiger partial charge is 0.495 e. The molecule has 1 unspecified atom stereocenters. The van der Waals surface area contributed by atoms with Crippen molar-refractivity contribution in [1.29, 1.82) is 0 Å². The van der Waals surface area contributed by atoms with E-state index in [9.17, 15) is 0 Å². The molecule has 0 saturated carbocycles. The zero-order chi connectivity index (χ0) is 13.7. The van der Waals surface area contributed by atoms with Crippen molar-refractivity contribution in [2.75, 3.05) is 26.0 Å². The van der Waals surface area contributed by atoms with Crippen LogP contribution in [0.3, 0.4) is 0 Å². The summed E-state index contributed by atoms with van der Waals surface area (Å²) in [5.41, 5.74) is 7.88. The summed E-state index contributed by atoms with van der Waals surface area (Å²) in [6.07, 6.45) is 4.47. The Labute approximate surface area is 115 Å². The summed E-state index contributed by atoms with van der Waals surface area (Å²) >= 11 is 0. The second-order valence-corrected chi connectivity index (χ2v) is 5.21. The second kappa shape index (κ2) is 6.78. The number of aliphatic hydroxyl groups is 1. The Hall–Kier alpha value is -1.26. The van der Waals surface area contributed by atoms with Gasteiger partial charge in [0.25, 0.3) is 0 Å². The number of anilines is 1. The summed E-state index contributed by atoms with van der Waals surface area (Å²) in [7, 11) is 1.64. The summed E-state index contributed by atoms with van der Waals surface area (Å²) < 4.78 is 5.18. The Kier molecular flexibility index (Phi) is 5.05. The van der Waals surface area contributed by atoms with E-state index in [1.54, 1.807) is 7.11 Å². The average molecular weight is 264 g/mol. The van der Waals surface area contributed by atoms with Gasteiger partial charge in [0.15, 0.2) is 0 Å². The number of hydrogen-bond acceptors (Lipinski definition) is 4. The van der Waals surface area contributed by atoms with Crippen LogP contribution in [0.2, 0.25) is 0 Å². The molecule has 0 spiro atoms. The third-order valence-corrected chi connectivity index (χ3v) is 3.87. The van der Waals surface area contributed by atoms with Crippen molar-refractivity contribution in [3.05, 3.63) is 23.8 Å². The first-order valence-corrected chi connectivity index (χ1v) is 7.02. The van der Waals surface area contributed by atoms with E-state index < -0.39 is 0 Å². The summed E-state index contributed by atoms with van der Waals surface area (Å²) in [6.45, 7) is 2.37. The molecule has 0 amide bonds. The van der Waals surface area contributed by atoms with Gasteiger partial charge in [-0.15, -0.1) is 0 Å². The molecule has 4 nitrogen and oxygen atoms in total. The van der Waals surface area contributed by atoms with Crippen molar-refractivity contribution in [2.45, 2.75) is 38.3 Å². The van der Waals surface area contributed by atoms with Crippen LogP contribution < -0.4 is 10.5 Å². The van der Waals surface area contributed by atoms with Gasteiger partial charge >= 0.3 is 0 Å². The highest BCUT2D eigenvalue weighted by molar-refractivity contribution is 5.54. The molecule has 4 heteroatoms. The molecular formula is C15H24N2O2. The monoisotopic (exact) mass is 264 g/mol. The van der Waals surface area contributed by atoms with Gasteiger partial charge in [-0.1, -0.05) is 6.07 Å². The molecule has 0 bridgehead atoms. The lowest BCUT2D eigenvalue weighted by Gasteiger charge is -2.24. The van der Waals surface area contributed by atoms with E-state index in [1.165, 1.54) is 18.4 Å². The van der Waals surface area contributed by atoms with Crippen LogP contribution in [-0.2, 0) is 6.54 Å². The smallest absolute Gasteiger partial charge is 0.141 e. The van der Waals surface area contributed by atoms with Crippen LogP contribution in [0, 0.1) is 0 Å². The van der Waals surface area contributed by atoms with E-state index in [4.69, 9.17) is 15.6 Å². The number of hydrogen-bond donors (Lipinski definition) is 2. The quantitative estimate of drug-likeness (QED) is 0.772. The van der Waals surface area contributed by atoms with Gasteiger partial charge in [0.2, 0.25) is 0 Å². The SMILES string of the molecule is COc1ccc(CN2CCCC2CCCO)cc1N. The maximum Gasteiger partial charge on any atom is 0.141 e. The van der Waals surface area contributed by atoms with Crippen LogP contribution in [0.5, 0.6) is 5.75 Å². The van der Waals surface area contributed by atoms with E-state index in [0.717, 1.165) is 31.7 Å². The molecule has 1 aliphatic heterocycles. The van der Waals surface area contributed by atoms with Crippen molar-refractivity contribution >= 4 is 5.69 Å². The molecule has 0 radical (unpaired) electrons. The summed E-state index contributed by atoms with van der Waals surface area (Å²) in [5, 5.41) is 8.95. The second-order valence-electron chi connectivity index (χ2n) is 5.21. The topological polar surface area (TPSA) is 58.7 Å². The molecule has 0 aliphatic carbocycles. The van der Waals surface area contributed by atoms with Gasteiger partial charge in [0, 0.05) is 19.2 Å². The van der Waals surface area contributed by atoms with E-state index in [2.05, 4.69) is 11.0 Å². The zero-order valence-corrected chi connectivity index (χ0v) is 11.6. The molecule has 106 valence electrons. The number of rotatable bonds is 6. The number of aliphatic hydroxyl groups excluding tert-OH is 1. The normalized spacial score (nSPS) is 19.8. The van der Waals surface area contributed by atoms with Gasteiger partial charge in [0.05, 0.1) is 12.8 Å². The number of nitrogens with two attached hydrogens (primary N) is 1. The lowest BCUT2D eigenvalue weighted by molar-refractivity contribution is 0.210. The molecule has 1 heterocycles. The van der Waals surface area contributed by atoms with Crippen LogP contribution in [0.1, 0.15) is 31.2 Å². The summed E-state index contributed by atoms with van der Waals surface area (Å²) in [6, 6.07) is 6.62. The van der Waals surface area contributed by atoms with Crippen molar-refractivity contribution in [3.8, 4) is 5.75 Å². The Morgan fingerprint density at radius 1 is 1.47 bits per heavy atom. The Morgan fingerprint density at radius 2 is 2.32 bits per heavy atom. The highest BCUT2D eigenvalue weighted by Gasteiger charge is 2.23. The van der Waals surface area contributed by atoms with Gasteiger partial charge in [-0.3, -0.25) is 4.90 Å². The molecule has 19 heavy (non-hydrogen) atoms. The van der Waals surface area contributed by atoms with Gasteiger partial charge in [0.1, 0.15) is 5.75 Å². The van der Waals surface area contributed by atoms with Crippen LogP contribution in [0.15, 0.2) is 18.2 Å². The zero-order valence-electron chi connectivity index (χ0n) is 11.6. The van der Waals surface area contributed by atoms with Crippen LogP contribution in [0.4, 0.5) is 5.69 Å². The fourth-order valence-corrected chi connectivity index (χ4v) is 2.87. The van der Waals surface area contributed by atoms with Crippen molar-refractivity contribution in [1.82, 2.24) is 4.90 Å². The van der Waals surface area contributed by atoms with E-state index >= 15 is 0 Å². The number of ether oxygens (including phenoxy) is 1. The molecule has 1 fully saturated rings. The first-order chi connectivity index (χ1) is 9.24. The minimum atomic E-state index is 0.291. The van der Waals surface area contributed by atoms with Gasteiger partial charge in [-0.25, -0.2) is 0 Å². The molecule has 0 aromatic heterocycles. The van der Waals surface area contributed by atoms with Crippen LogP contribution >= 0.6 is 0 Å². The summed E-state index contributed by atoms with van der Waals surface area (Å²) in [5.74, 6) is 0.738. The fourth-order valence-electron chi connectivity index (χ4n) is 2.87. The number of methoxy groups -OCH3 is 1. The highest BCUT2D eigenvalue weighted by Crippen LogP contribution is 2.26. The van der Waals surface area contributed by atoms with E-state index in [0.29, 0.717) is 18.3 Å². The highest BCUT2D eigenvalue weighted by atomic mass is 16.5. The molecule has 1 aromatic rings. The Bertz CT molecular complexity index is 409. The maximum absolute atomic E-state index is 8.95. The molecule has 1 saturated heterocycles. The van der Waals surface area contributed by atoms with E-state index in [-0.39, 0.29) is 0 Å². The lowest BCUT2D eigenvalue weighted by Crippen LogP contribution is -2.29. The minimum Gasteiger partial charge on any atom is -0.495 e. The average Bonchev–Trinajstić information content (AvgIpc) is 2.84. The first-order valence-electron chi connectivity index (χ1n) is 7.02. The Balaban J connectivity index is 1.97. The van der Waals surface area contributed by atoms with Crippen molar-refractivity contribution in [3.63, 3.8) is 0 Å². The van der Waals surface area contributed by atoms with Crippen LogP contribution in [-0.4, -0.2) is 36.3 Å². The first kappa shape index (κ1) is 14.2. The standard InChI is InChI=1S/C15H24N2O2/c1-19-15-7-6-12(10-14(15)16)11-17-8-2-4-13(17)5-3-9-18/h6-7,10,13,18H,2-5,8-9,11,16H2,1H3. The predicted molar refractivity (Wildman–Crippen MR) is 77.2 cm³/mol. The number of nitrogen functional groups attached to an aromatic ring is 1. The molecule has 1 aliphatic rings. The predicted octanol–water partition coefficient (Wildman–Crippen LogP) is 2.01. The molecule has 1 atom stereocenters. The van der Waals surface area contributed by atoms with Gasteiger partial charge in [-0.2, -0.15) is 0 Å². The van der Waals surface area contributed by atoms with Crippen molar-refractivity contribution < 1.29 is 9.84 Å². The molecule has 2 rings (SSSR count). The molecule has 1 aromatic carbocycles. The third kappa shape index (κ3) is 3.61. The maximum atomic E-state index is 8.95. The van der Waals surface area contributed by atoms with E-state index in [1.807, 2.05) is 12.1 Å². The summed E-state index contributed by atoms with van der Waals surface area (Å²) in [4.78, 5) is 2.50. The van der Waals surface area contributed by atoms with Crippen LogP contribution in [0.25, 0.3) is 0 Å². The van der Waals surface area contributed by atoms with Crippen molar-refractivity contribution in [2.24, 2.45) is 0 Å². The molecule has 3 N–H and O–H groups in total. The third-order valence-electron chi connectivity index (χ3n) is 3.87. The number of likely N-dealkylation sites (tertiary alicyclic amines) is 1. The number of nitrogens with zero attached hydrogens (tertiary/aromatic N) is 1.